The van der Waals surface area contributed by atoms with Crippen molar-refractivity contribution in [1.82, 2.24) is 19.5 Å². The van der Waals surface area contributed by atoms with Crippen molar-refractivity contribution < 1.29 is 85.3 Å². The summed E-state index contributed by atoms with van der Waals surface area (Å²) in [4.78, 5) is 62.2. The van der Waals surface area contributed by atoms with Crippen LogP contribution >= 0.6 is 23.5 Å². The number of nitrogens with two attached hydrogens (primary N) is 2. The molecule has 3 aromatic heterocycles. The monoisotopic (exact) mass is 744 g/mol. The van der Waals surface area contributed by atoms with Gasteiger partial charge in [-0.15, -0.1) is 0 Å². The lowest BCUT2D eigenvalue weighted by Gasteiger charge is -2.22. The maximum absolute atomic E-state index is 12.6. The summed E-state index contributed by atoms with van der Waals surface area (Å²) in [7, 11) is -16.4. The van der Waals surface area contributed by atoms with Gasteiger partial charge in [0.2, 0.25) is 0 Å². The molecule has 0 bridgehead atoms. The van der Waals surface area contributed by atoms with Gasteiger partial charge in [-0.05, 0) is 6.07 Å². The number of aliphatic hydroxyl groups excluding tert-OH is 3. The molecule has 0 aliphatic carbocycles. The number of aromatic nitrogens is 5. The average molecular weight is 744 g/mol. The quantitative estimate of drug-likeness (QED) is 0.0626. The molecular formula is C21H29N7O17P3+. The summed E-state index contributed by atoms with van der Waals surface area (Å²) in [6, 6.07) is 2.79. The van der Waals surface area contributed by atoms with Gasteiger partial charge in [-0.25, -0.2) is 28.6 Å². The van der Waals surface area contributed by atoms with Crippen molar-refractivity contribution in [2.45, 2.75) is 49.1 Å². The molecule has 3 unspecified atom stereocenters. The molecule has 24 nitrogen and oxygen atoms in total. The lowest BCUT2D eigenvalue weighted by Crippen LogP contribution is -2.46. The Morgan fingerprint density at radius 2 is 1.62 bits per heavy atom. The van der Waals surface area contributed by atoms with Crippen LogP contribution in [0.2, 0.25) is 0 Å². The Labute approximate surface area is 267 Å². The number of imidazole rings is 1. The number of carbonyl (C=O) groups excluding carboxylic acids is 1. The van der Waals surface area contributed by atoms with Crippen LogP contribution in [0.5, 0.6) is 0 Å². The fourth-order valence-electron chi connectivity index (χ4n) is 4.85. The highest BCUT2D eigenvalue weighted by Crippen LogP contribution is 2.61. The van der Waals surface area contributed by atoms with E-state index in [1.54, 1.807) is 0 Å². The number of fused-ring (bicyclic) bond motifs is 1. The van der Waals surface area contributed by atoms with Gasteiger partial charge in [-0.2, -0.15) is 8.88 Å². The Hall–Kier alpha value is -2.86. The van der Waals surface area contributed by atoms with Gasteiger partial charge in [-0.3, -0.25) is 22.9 Å². The Morgan fingerprint density at radius 3 is 2.27 bits per heavy atom. The highest BCUT2D eigenvalue weighted by molar-refractivity contribution is 7.61. The van der Waals surface area contributed by atoms with Crippen LogP contribution in [0.3, 0.4) is 0 Å². The number of ether oxygens (including phenoxy) is 2. The smallest absolute Gasteiger partial charge is 0.387 e. The zero-order chi connectivity index (χ0) is 35.2. The van der Waals surface area contributed by atoms with Crippen molar-refractivity contribution in [1.29, 1.82) is 0 Å². The topological polar surface area (TPSA) is 365 Å². The molecule has 0 aromatic carbocycles. The van der Waals surface area contributed by atoms with Crippen molar-refractivity contribution in [2.75, 3.05) is 18.9 Å². The molecular weight excluding hydrogens is 715 g/mol. The molecule has 2 aliphatic heterocycles. The van der Waals surface area contributed by atoms with E-state index in [1.165, 1.54) is 29.1 Å². The molecule has 27 heteroatoms. The molecule has 5 heterocycles. The number of rotatable bonds is 13. The van der Waals surface area contributed by atoms with Crippen molar-refractivity contribution in [2.24, 2.45) is 5.73 Å². The van der Waals surface area contributed by atoms with Crippen molar-refractivity contribution in [3.05, 3.63) is 42.7 Å². The molecule has 0 radical (unpaired) electrons. The third-order valence-corrected chi connectivity index (χ3v) is 10.1. The van der Waals surface area contributed by atoms with Crippen LogP contribution in [0, 0.1) is 0 Å². The van der Waals surface area contributed by atoms with Gasteiger partial charge >= 0.3 is 23.5 Å². The predicted octanol–water partition coefficient (Wildman–Crippen LogP) is -2.90. The minimum Gasteiger partial charge on any atom is -0.387 e. The van der Waals surface area contributed by atoms with Gasteiger partial charge in [0.1, 0.15) is 47.9 Å². The van der Waals surface area contributed by atoms with E-state index in [9.17, 15) is 53.4 Å². The Morgan fingerprint density at radius 1 is 0.958 bits per heavy atom. The predicted molar refractivity (Wildman–Crippen MR) is 150 cm³/mol. The van der Waals surface area contributed by atoms with E-state index < -0.39 is 91.7 Å². The first-order chi connectivity index (χ1) is 22.4. The summed E-state index contributed by atoms with van der Waals surface area (Å²) < 4.78 is 68.4. The zero-order valence-electron chi connectivity index (χ0n) is 23.9. The van der Waals surface area contributed by atoms with Crippen molar-refractivity contribution >= 4 is 46.4 Å². The number of anilines is 1. The number of amides is 1. The summed E-state index contributed by atoms with van der Waals surface area (Å²) in [6.45, 7) is -2.08. The van der Waals surface area contributed by atoms with E-state index in [-0.39, 0.29) is 22.5 Å². The second-order valence-corrected chi connectivity index (χ2v) is 14.5. The van der Waals surface area contributed by atoms with Crippen LogP contribution in [-0.4, -0.2) is 110 Å². The molecule has 0 spiro atoms. The molecule has 3 aromatic rings. The molecule has 10 atom stereocenters. The number of pyridine rings is 1. The fourth-order valence-corrected chi connectivity index (χ4v) is 7.52. The molecule has 11 N–H and O–H groups in total. The first kappa shape index (κ1) is 36.4. The van der Waals surface area contributed by atoms with E-state index in [0.29, 0.717) is 0 Å². The van der Waals surface area contributed by atoms with E-state index in [2.05, 4.69) is 28.3 Å². The first-order valence-corrected chi connectivity index (χ1v) is 17.9. The molecule has 2 aliphatic rings. The van der Waals surface area contributed by atoms with Crippen molar-refractivity contribution in [3.8, 4) is 0 Å². The maximum Gasteiger partial charge on any atom is 0.481 e. The molecule has 264 valence electrons. The Balaban J connectivity index is 1.22. The molecule has 48 heavy (non-hydrogen) atoms. The van der Waals surface area contributed by atoms with E-state index >= 15 is 0 Å². The Bertz CT molecular complexity index is 1810. The second-order valence-electron chi connectivity index (χ2n) is 10.3. The molecule has 2 saturated heterocycles. The lowest BCUT2D eigenvalue weighted by atomic mass is 10.1. The van der Waals surface area contributed by atoms with Crippen LogP contribution in [0.15, 0.2) is 37.2 Å². The summed E-state index contributed by atoms with van der Waals surface area (Å²) >= 11 is 0. The van der Waals surface area contributed by atoms with E-state index in [4.69, 9.17) is 25.5 Å². The molecule has 2 fully saturated rings. The van der Waals surface area contributed by atoms with E-state index in [0.717, 1.165) is 17.2 Å². The summed E-state index contributed by atoms with van der Waals surface area (Å²) in [6.07, 6.45) is -8.38. The third kappa shape index (κ3) is 8.12. The minimum absolute atomic E-state index is 0.0329. The first-order valence-electron chi connectivity index (χ1n) is 13.3. The number of hydrogen-bond donors (Lipinski definition) is 9. The summed E-state index contributed by atoms with van der Waals surface area (Å²) in [5, 5.41) is 31.6. The second kappa shape index (κ2) is 13.8. The third-order valence-electron chi connectivity index (χ3n) is 6.98. The van der Waals surface area contributed by atoms with Crippen LogP contribution in [0.4, 0.5) is 5.82 Å². The lowest BCUT2D eigenvalue weighted by molar-refractivity contribution is -0.765. The largest absolute Gasteiger partial charge is 0.481 e. The summed E-state index contributed by atoms with van der Waals surface area (Å²) in [5.74, 6) is -0.832. The number of phosphoric ester groups is 3. The molecule has 5 rings (SSSR count). The van der Waals surface area contributed by atoms with Gasteiger partial charge in [0, 0.05) is 6.07 Å². The number of aliphatic hydroxyl groups is 3. The SMILES string of the molecule is NC(=O)c1ccc[n+]([C@@H]2O[C@H](COP(=O)(O)OP(=O)(O)OC[C@H]3O[C@@H](n4cnc5c(N)ncnc54)C(O)[C@@H]3OP(=O)(O)O)[C@@H](O)[C@H]2O)c1. The van der Waals surface area contributed by atoms with Crippen LogP contribution in [0.1, 0.15) is 22.8 Å². The van der Waals surface area contributed by atoms with E-state index in [1.807, 2.05) is 0 Å². The molecule has 0 saturated carbocycles. The van der Waals surface area contributed by atoms with Gasteiger partial charge in [0.15, 0.2) is 36.2 Å². The Kier molecular flexibility index (Phi) is 10.5. The standard InChI is InChI=1S/C21H28N7O17P3/c22-17-12-19(25-7-24-17)28(8-26-12)21-15(31)16(44-46(33,34)35)11(43-21)6-41-48(38,39)45-47(36,37)40-5-10-13(29)14(30)20(42-10)27-3-1-2-9(4-27)18(23)32/h1-4,7-8,10-11,13-16,20-21,29-31H,5-6H2,(H7-,22,23,24,25,32,33,34,35,36,37,38,39)/p+1/t10-,11-,13-,14-,15?,16-,20-,21-/m1/s1. The van der Waals surface area contributed by atoms with Crippen LogP contribution in [0.25, 0.3) is 11.2 Å². The average Bonchev–Trinajstić information content (AvgIpc) is 3.64. The molecule has 1 amide bonds. The number of hydrogen-bond acceptors (Lipinski definition) is 17. The van der Waals surface area contributed by atoms with Gasteiger partial charge in [0.05, 0.1) is 19.5 Å². The van der Waals surface area contributed by atoms with Crippen molar-refractivity contribution in [3.63, 3.8) is 0 Å². The number of nitrogens with zero attached hydrogens (tertiary/aromatic N) is 5. The number of carbonyl (C=O) groups is 1. The van der Waals surface area contributed by atoms with Gasteiger partial charge < -0.3 is 55.8 Å². The van der Waals surface area contributed by atoms with Gasteiger partial charge in [0.25, 0.3) is 12.1 Å². The highest BCUT2D eigenvalue weighted by Gasteiger charge is 2.51. The normalized spacial score (nSPS) is 30.3. The summed E-state index contributed by atoms with van der Waals surface area (Å²) in [5.41, 5.74) is 11.2. The maximum atomic E-state index is 12.6. The number of phosphoric acid groups is 3. The zero-order valence-corrected chi connectivity index (χ0v) is 26.6. The number of primary amides is 1. The van der Waals surface area contributed by atoms with Crippen LogP contribution < -0.4 is 16.0 Å². The van der Waals surface area contributed by atoms with Gasteiger partial charge in [-0.1, -0.05) is 0 Å². The van der Waals surface area contributed by atoms with Crippen LogP contribution in [-0.2, 0) is 41.1 Å². The minimum atomic E-state index is -5.56. The highest BCUT2D eigenvalue weighted by atomic mass is 31.3. The number of nitrogen functional groups attached to an aromatic ring is 1. The fraction of sp³-hybridized carbons (Fsp3) is 0.476.